The Morgan fingerprint density at radius 2 is 1.71 bits per heavy atom. The number of hydrogen-bond donors (Lipinski definition) is 0. The van der Waals surface area contributed by atoms with Gasteiger partial charge in [-0.3, -0.25) is 0 Å². The average Bonchev–Trinajstić information content (AvgIpc) is 2.95. The van der Waals surface area contributed by atoms with Gasteiger partial charge in [-0.25, -0.2) is 4.58 Å². The number of methoxy groups -OCH3 is 1. The molecule has 41 heavy (non-hydrogen) atoms. The summed E-state index contributed by atoms with van der Waals surface area (Å²) in [6.07, 6.45) is 17.3. The van der Waals surface area contributed by atoms with Crippen molar-refractivity contribution in [1.82, 2.24) is 0 Å². The highest BCUT2D eigenvalue weighted by Crippen LogP contribution is 2.37. The Labute approximate surface area is 259 Å². The number of ether oxygens (including phenoxy) is 2. The lowest BCUT2D eigenvalue weighted by Gasteiger charge is -2.23. The highest BCUT2D eigenvalue weighted by molar-refractivity contribution is 6.42. The average molecular weight is 600 g/mol. The Hall–Kier alpha value is -2.23. The standard InChI is InChI=1S/C36H50Cl2NO2/c1-6-7-8-9-10-11-24-41-36-31-22-23-39(26-29-18-20-32(37)33(38)25-29)34(30(31)19-21-35(36)40-5)17-13-16-28(4)15-12-14-27(2)3/h14,16,18-21,25H,6-13,15,17,22-24,26H2,1-5H3/q+1. The van der Waals surface area contributed by atoms with Crippen LogP contribution in [0.25, 0.3) is 0 Å². The van der Waals surface area contributed by atoms with Crippen LogP contribution in [0.15, 0.2) is 53.6 Å². The van der Waals surface area contributed by atoms with Crippen molar-refractivity contribution in [3.8, 4) is 11.5 Å². The zero-order valence-electron chi connectivity index (χ0n) is 26.0. The summed E-state index contributed by atoms with van der Waals surface area (Å²) in [7, 11) is 1.74. The Morgan fingerprint density at radius 1 is 0.927 bits per heavy atom. The summed E-state index contributed by atoms with van der Waals surface area (Å²) in [5.74, 6) is 1.76. The summed E-state index contributed by atoms with van der Waals surface area (Å²) in [6, 6.07) is 10.3. The minimum absolute atomic E-state index is 0.594. The number of allylic oxidation sites excluding steroid dienone is 4. The predicted molar refractivity (Wildman–Crippen MR) is 177 cm³/mol. The van der Waals surface area contributed by atoms with Crippen LogP contribution in [-0.4, -0.2) is 30.5 Å². The van der Waals surface area contributed by atoms with Crippen LogP contribution in [0.3, 0.4) is 0 Å². The molecule has 0 aromatic heterocycles. The molecule has 224 valence electrons. The molecule has 0 radical (unpaired) electrons. The second kappa shape index (κ2) is 17.7. The molecule has 5 heteroatoms. The van der Waals surface area contributed by atoms with Gasteiger partial charge in [0.25, 0.3) is 0 Å². The van der Waals surface area contributed by atoms with Crippen LogP contribution < -0.4 is 9.47 Å². The molecule has 0 bridgehead atoms. The van der Waals surface area contributed by atoms with Gasteiger partial charge in [-0.2, -0.15) is 0 Å². The summed E-state index contributed by atoms with van der Waals surface area (Å²) in [5, 5.41) is 1.20. The predicted octanol–water partition coefficient (Wildman–Crippen LogP) is 10.8. The Morgan fingerprint density at radius 3 is 2.44 bits per heavy atom. The van der Waals surface area contributed by atoms with Crippen molar-refractivity contribution in [3.05, 3.63) is 80.4 Å². The second-order valence-corrected chi connectivity index (χ2v) is 12.3. The maximum atomic E-state index is 6.46. The van der Waals surface area contributed by atoms with E-state index in [9.17, 15) is 0 Å². The molecule has 1 aliphatic rings. The van der Waals surface area contributed by atoms with Gasteiger partial charge >= 0.3 is 0 Å². The molecule has 2 aromatic rings. The first-order valence-electron chi connectivity index (χ1n) is 15.5. The maximum absolute atomic E-state index is 6.46. The van der Waals surface area contributed by atoms with E-state index in [1.54, 1.807) is 7.11 Å². The van der Waals surface area contributed by atoms with Gasteiger partial charge in [0.15, 0.2) is 23.8 Å². The molecule has 3 nitrogen and oxygen atoms in total. The third-order valence-electron chi connectivity index (χ3n) is 7.84. The van der Waals surface area contributed by atoms with Crippen LogP contribution in [0.1, 0.15) is 109 Å². The number of hydrogen-bond acceptors (Lipinski definition) is 2. The van der Waals surface area contributed by atoms with E-state index in [1.807, 2.05) is 12.1 Å². The van der Waals surface area contributed by atoms with Crippen molar-refractivity contribution >= 4 is 28.9 Å². The van der Waals surface area contributed by atoms with Crippen LogP contribution in [0, 0.1) is 0 Å². The number of rotatable bonds is 17. The first kappa shape index (κ1) is 33.3. The van der Waals surface area contributed by atoms with Gasteiger partial charge < -0.3 is 9.47 Å². The van der Waals surface area contributed by atoms with Gasteiger partial charge in [-0.05, 0) is 70.7 Å². The Balaban J connectivity index is 1.86. The maximum Gasteiger partial charge on any atom is 0.184 e. The molecule has 3 rings (SSSR count). The Kier molecular flexibility index (Phi) is 14.3. The lowest BCUT2D eigenvalue weighted by Crippen LogP contribution is -2.30. The summed E-state index contributed by atoms with van der Waals surface area (Å²) in [5.41, 5.74) is 7.92. The molecule has 1 heterocycles. The number of benzene rings is 2. The molecule has 0 spiro atoms. The number of fused-ring (bicyclic) bond motifs is 1. The van der Waals surface area contributed by atoms with Crippen molar-refractivity contribution < 1.29 is 14.0 Å². The smallest absolute Gasteiger partial charge is 0.184 e. The number of nitrogens with zero attached hydrogens (tertiary/aromatic N) is 1. The molecule has 0 fully saturated rings. The van der Waals surface area contributed by atoms with Crippen LogP contribution >= 0.6 is 23.2 Å². The minimum atomic E-state index is 0.594. The highest BCUT2D eigenvalue weighted by atomic mass is 35.5. The van der Waals surface area contributed by atoms with Crippen LogP contribution in [0.4, 0.5) is 0 Å². The largest absolute Gasteiger partial charge is 0.493 e. The first-order valence-corrected chi connectivity index (χ1v) is 16.3. The molecule has 2 aromatic carbocycles. The van der Waals surface area contributed by atoms with Crippen LogP contribution in [0.2, 0.25) is 10.0 Å². The minimum Gasteiger partial charge on any atom is -0.493 e. The third-order valence-corrected chi connectivity index (χ3v) is 8.57. The van der Waals surface area contributed by atoms with Crippen molar-refractivity contribution in [2.75, 3.05) is 20.3 Å². The van der Waals surface area contributed by atoms with Gasteiger partial charge in [-0.15, -0.1) is 0 Å². The number of unbranched alkanes of at least 4 members (excludes halogenated alkanes) is 5. The summed E-state index contributed by atoms with van der Waals surface area (Å²) in [4.78, 5) is 0. The lowest BCUT2D eigenvalue weighted by molar-refractivity contribution is -0.545. The molecule has 1 aliphatic heterocycles. The van der Waals surface area contributed by atoms with Crippen molar-refractivity contribution in [3.63, 3.8) is 0 Å². The van der Waals surface area contributed by atoms with E-state index < -0.39 is 0 Å². The normalized spacial score (nSPS) is 13.3. The molecule has 0 aliphatic carbocycles. The van der Waals surface area contributed by atoms with Crippen molar-refractivity contribution in [2.24, 2.45) is 0 Å². The van der Waals surface area contributed by atoms with Gasteiger partial charge in [0.2, 0.25) is 0 Å². The fraction of sp³-hybridized carbons (Fsp3) is 0.528. The summed E-state index contributed by atoms with van der Waals surface area (Å²) < 4.78 is 14.8. The van der Waals surface area contributed by atoms with Crippen LogP contribution in [0.5, 0.6) is 11.5 Å². The highest BCUT2D eigenvalue weighted by Gasteiger charge is 2.29. The van der Waals surface area contributed by atoms with E-state index in [2.05, 4.69) is 62.6 Å². The van der Waals surface area contributed by atoms with Crippen LogP contribution in [-0.2, 0) is 13.0 Å². The summed E-state index contributed by atoms with van der Waals surface area (Å²) >= 11 is 12.6. The molecular formula is C36H50Cl2NO2+. The quantitative estimate of drug-likeness (QED) is 0.102. The van der Waals surface area contributed by atoms with E-state index in [-0.39, 0.29) is 0 Å². The number of halogens is 2. The van der Waals surface area contributed by atoms with Crippen molar-refractivity contribution in [2.45, 2.75) is 105 Å². The fourth-order valence-electron chi connectivity index (χ4n) is 5.52. The van der Waals surface area contributed by atoms with E-state index in [0.29, 0.717) is 10.0 Å². The van der Waals surface area contributed by atoms with E-state index in [4.69, 9.17) is 32.7 Å². The van der Waals surface area contributed by atoms with E-state index in [0.717, 1.165) is 69.7 Å². The third kappa shape index (κ3) is 10.5. The zero-order chi connectivity index (χ0) is 29.6. The van der Waals surface area contributed by atoms with Gasteiger partial charge in [-0.1, -0.05) is 91.6 Å². The SMILES string of the molecule is CCCCCCCCOc1c(OC)ccc2c1CC[N+](Cc1ccc(Cl)c(Cl)c1)=C2CCC=C(C)CCC=C(C)C. The van der Waals surface area contributed by atoms with Crippen molar-refractivity contribution in [1.29, 1.82) is 0 Å². The molecule has 0 amide bonds. The van der Waals surface area contributed by atoms with E-state index in [1.165, 1.54) is 65.7 Å². The summed E-state index contributed by atoms with van der Waals surface area (Å²) in [6.45, 7) is 11.3. The molecule has 0 unspecified atom stereocenters. The topological polar surface area (TPSA) is 21.5 Å². The fourth-order valence-corrected chi connectivity index (χ4v) is 5.84. The van der Waals surface area contributed by atoms with Gasteiger partial charge in [0.05, 0.1) is 23.8 Å². The molecule has 0 saturated carbocycles. The second-order valence-electron chi connectivity index (χ2n) is 11.5. The van der Waals surface area contributed by atoms with E-state index >= 15 is 0 Å². The first-order chi connectivity index (χ1) is 19.8. The zero-order valence-corrected chi connectivity index (χ0v) is 27.5. The van der Waals surface area contributed by atoms with Gasteiger partial charge in [0, 0.05) is 29.5 Å². The molecule has 0 atom stereocenters. The monoisotopic (exact) mass is 598 g/mol. The Bertz CT molecular complexity index is 1220. The van der Waals surface area contributed by atoms with Gasteiger partial charge in [0.1, 0.15) is 6.54 Å². The molecule has 0 saturated heterocycles. The molecule has 0 N–H and O–H groups in total. The lowest BCUT2D eigenvalue weighted by atomic mass is 9.92. The molecular weight excluding hydrogens is 549 g/mol.